The summed E-state index contributed by atoms with van der Waals surface area (Å²) in [5, 5.41) is 4.03. The van der Waals surface area contributed by atoms with Crippen LogP contribution in [0.15, 0.2) is 35.6 Å². The summed E-state index contributed by atoms with van der Waals surface area (Å²) in [4.78, 5) is 8.67. The molecule has 0 aliphatic heterocycles. The number of alkyl halides is 3. The van der Waals surface area contributed by atoms with Crippen molar-refractivity contribution in [1.29, 1.82) is 0 Å². The monoisotopic (exact) mass is 362 g/mol. The van der Waals surface area contributed by atoms with E-state index in [1.54, 1.807) is 25.1 Å². The Bertz CT molecular complexity index is 733. The van der Waals surface area contributed by atoms with Gasteiger partial charge in [0.15, 0.2) is 0 Å². The van der Waals surface area contributed by atoms with E-state index in [0.717, 1.165) is 12.3 Å². The van der Waals surface area contributed by atoms with Crippen LogP contribution in [0.25, 0.3) is 11.3 Å². The van der Waals surface area contributed by atoms with Crippen molar-refractivity contribution in [2.45, 2.75) is 13.1 Å². The summed E-state index contributed by atoms with van der Waals surface area (Å²) in [5.74, 6) is 0. The Labute approximate surface area is 140 Å². The molecule has 3 nitrogen and oxygen atoms in total. The topological polar surface area (TPSA) is 34.5 Å². The predicted octanol–water partition coefficient (Wildman–Crippen LogP) is 5.44. The molecule has 0 fully saturated rings. The number of rotatable bonds is 4. The third kappa shape index (κ3) is 4.36. The second-order valence-corrected chi connectivity index (χ2v) is 5.26. The summed E-state index contributed by atoms with van der Waals surface area (Å²) >= 11 is 12.0. The van der Waals surface area contributed by atoms with Gasteiger partial charge >= 0.3 is 6.18 Å². The summed E-state index contributed by atoms with van der Waals surface area (Å²) < 4.78 is 37.9. The Hall–Kier alpha value is -1.79. The first kappa shape index (κ1) is 17.6. The highest BCUT2D eigenvalue weighted by Gasteiger charge is 2.31. The number of benzene rings is 1. The summed E-state index contributed by atoms with van der Waals surface area (Å²) in [6.45, 7) is 2.18. The smallest absolute Gasteiger partial charge is 0.396 e. The van der Waals surface area contributed by atoms with Crippen LogP contribution in [0.4, 0.5) is 13.2 Å². The highest BCUT2D eigenvalue weighted by atomic mass is 35.5. The molecule has 0 unspecified atom stereocenters. The maximum absolute atomic E-state index is 12.6. The summed E-state index contributed by atoms with van der Waals surface area (Å²) in [7, 11) is 0. The quantitative estimate of drug-likeness (QED) is 0.535. The lowest BCUT2D eigenvalue weighted by Gasteiger charge is -2.10. The van der Waals surface area contributed by atoms with E-state index in [0.29, 0.717) is 22.8 Å². The lowest BCUT2D eigenvalue weighted by molar-refractivity contribution is -0.137. The van der Waals surface area contributed by atoms with Gasteiger partial charge in [-0.1, -0.05) is 34.4 Å². The molecule has 0 radical (unpaired) electrons. The molecule has 23 heavy (non-hydrogen) atoms. The standard InChI is InChI=1S/C15H11Cl2F3N2O/c1-2-23-22-7-10-5-9(3-4-12(10)16)14-13(17)6-11(8-21-14)15(18,19)20/h3-8H,2H2,1H3/b22-7+. The van der Waals surface area contributed by atoms with Gasteiger partial charge in [-0.05, 0) is 25.1 Å². The van der Waals surface area contributed by atoms with Gasteiger partial charge in [-0.25, -0.2) is 0 Å². The van der Waals surface area contributed by atoms with E-state index in [4.69, 9.17) is 28.0 Å². The van der Waals surface area contributed by atoms with Crippen LogP contribution < -0.4 is 0 Å². The van der Waals surface area contributed by atoms with Gasteiger partial charge in [-0.3, -0.25) is 4.98 Å². The second-order valence-electron chi connectivity index (χ2n) is 4.44. The third-order valence-corrected chi connectivity index (χ3v) is 3.47. The molecule has 0 atom stereocenters. The molecular weight excluding hydrogens is 352 g/mol. The number of hydrogen-bond donors (Lipinski definition) is 0. The van der Waals surface area contributed by atoms with Crippen LogP contribution in [0.2, 0.25) is 10.0 Å². The van der Waals surface area contributed by atoms with Crippen LogP contribution in [0.1, 0.15) is 18.1 Å². The molecule has 8 heteroatoms. The van der Waals surface area contributed by atoms with Crippen LogP contribution in [0, 0.1) is 0 Å². The molecule has 0 saturated carbocycles. The molecule has 1 aromatic carbocycles. The molecule has 1 aromatic heterocycles. The van der Waals surface area contributed by atoms with Gasteiger partial charge in [0.25, 0.3) is 0 Å². The number of pyridine rings is 1. The molecule has 1 heterocycles. The minimum absolute atomic E-state index is 0.102. The summed E-state index contributed by atoms with van der Waals surface area (Å²) in [5.41, 5.74) is 0.377. The van der Waals surface area contributed by atoms with Crippen LogP contribution in [-0.4, -0.2) is 17.8 Å². The van der Waals surface area contributed by atoms with E-state index >= 15 is 0 Å². The van der Waals surface area contributed by atoms with Crippen molar-refractivity contribution in [3.63, 3.8) is 0 Å². The molecular formula is C15H11Cl2F3N2O. The minimum Gasteiger partial charge on any atom is -0.396 e. The van der Waals surface area contributed by atoms with Gasteiger partial charge < -0.3 is 4.84 Å². The Morgan fingerprint density at radius 1 is 1.22 bits per heavy atom. The summed E-state index contributed by atoms with van der Waals surface area (Å²) in [6.07, 6.45) is -2.35. The van der Waals surface area contributed by atoms with Gasteiger partial charge in [0.2, 0.25) is 0 Å². The van der Waals surface area contributed by atoms with E-state index in [-0.39, 0.29) is 10.7 Å². The first-order valence-corrected chi connectivity index (χ1v) is 7.26. The number of halogens is 5. The Morgan fingerprint density at radius 3 is 2.57 bits per heavy atom. The zero-order chi connectivity index (χ0) is 17.0. The molecule has 2 rings (SSSR count). The summed E-state index contributed by atoms with van der Waals surface area (Å²) in [6, 6.07) is 5.65. The van der Waals surface area contributed by atoms with E-state index in [9.17, 15) is 13.2 Å². The highest BCUT2D eigenvalue weighted by molar-refractivity contribution is 6.34. The minimum atomic E-state index is -4.50. The molecule has 2 aromatic rings. The molecule has 0 aliphatic carbocycles. The van der Waals surface area contributed by atoms with Crippen molar-refractivity contribution < 1.29 is 18.0 Å². The average molecular weight is 363 g/mol. The van der Waals surface area contributed by atoms with Crippen molar-refractivity contribution in [3.8, 4) is 11.3 Å². The Morgan fingerprint density at radius 2 is 1.96 bits per heavy atom. The predicted molar refractivity (Wildman–Crippen MR) is 83.9 cm³/mol. The fourth-order valence-corrected chi connectivity index (χ4v) is 2.21. The number of hydrogen-bond acceptors (Lipinski definition) is 3. The molecule has 0 N–H and O–H groups in total. The molecule has 0 bridgehead atoms. The van der Waals surface area contributed by atoms with Gasteiger partial charge in [0.05, 0.1) is 22.5 Å². The maximum atomic E-state index is 12.6. The number of nitrogens with zero attached hydrogens (tertiary/aromatic N) is 2. The number of oxime groups is 1. The van der Waals surface area contributed by atoms with Crippen molar-refractivity contribution >= 4 is 29.4 Å². The first-order valence-electron chi connectivity index (χ1n) is 6.51. The van der Waals surface area contributed by atoms with E-state index < -0.39 is 11.7 Å². The van der Waals surface area contributed by atoms with Gasteiger partial charge in [0.1, 0.15) is 6.61 Å². The first-order chi connectivity index (χ1) is 10.8. The average Bonchev–Trinajstić information content (AvgIpc) is 2.48. The van der Waals surface area contributed by atoms with Crippen LogP contribution >= 0.6 is 23.2 Å². The van der Waals surface area contributed by atoms with E-state index in [1.807, 2.05) is 0 Å². The highest BCUT2D eigenvalue weighted by Crippen LogP contribution is 2.34. The number of aromatic nitrogens is 1. The zero-order valence-corrected chi connectivity index (χ0v) is 13.4. The Kier molecular flexibility index (Phi) is 5.49. The third-order valence-electron chi connectivity index (χ3n) is 2.83. The van der Waals surface area contributed by atoms with Crippen LogP contribution in [0.3, 0.4) is 0 Å². The van der Waals surface area contributed by atoms with Gasteiger partial charge in [-0.2, -0.15) is 13.2 Å². The van der Waals surface area contributed by atoms with Crippen molar-refractivity contribution in [1.82, 2.24) is 4.98 Å². The Balaban J connectivity index is 2.41. The molecule has 122 valence electrons. The van der Waals surface area contributed by atoms with Crippen LogP contribution in [0.5, 0.6) is 0 Å². The van der Waals surface area contributed by atoms with E-state index in [2.05, 4.69) is 10.1 Å². The lowest BCUT2D eigenvalue weighted by atomic mass is 10.1. The SMILES string of the molecule is CCO/N=C/c1cc(-c2ncc(C(F)(F)F)cc2Cl)ccc1Cl. The van der Waals surface area contributed by atoms with Crippen LogP contribution in [-0.2, 0) is 11.0 Å². The molecule has 0 spiro atoms. The largest absolute Gasteiger partial charge is 0.417 e. The second kappa shape index (κ2) is 7.19. The van der Waals surface area contributed by atoms with Gasteiger partial charge in [0, 0.05) is 22.3 Å². The van der Waals surface area contributed by atoms with E-state index in [1.165, 1.54) is 6.21 Å². The van der Waals surface area contributed by atoms with Gasteiger partial charge in [-0.15, -0.1) is 0 Å². The van der Waals surface area contributed by atoms with Crippen molar-refractivity contribution in [3.05, 3.63) is 51.6 Å². The molecule has 0 aliphatic rings. The zero-order valence-electron chi connectivity index (χ0n) is 11.9. The fraction of sp³-hybridized carbons (Fsp3) is 0.200. The molecule has 0 amide bonds. The fourth-order valence-electron chi connectivity index (χ4n) is 1.76. The lowest BCUT2D eigenvalue weighted by Crippen LogP contribution is -2.05. The normalized spacial score (nSPS) is 11.9. The molecule has 0 saturated heterocycles. The van der Waals surface area contributed by atoms with Crippen molar-refractivity contribution in [2.75, 3.05) is 6.61 Å². The maximum Gasteiger partial charge on any atom is 0.417 e. The van der Waals surface area contributed by atoms with Crippen molar-refractivity contribution in [2.24, 2.45) is 5.16 Å².